The lowest BCUT2D eigenvalue weighted by molar-refractivity contribution is 0.232. The van der Waals surface area contributed by atoms with E-state index >= 15 is 0 Å². The van der Waals surface area contributed by atoms with Gasteiger partial charge in [-0.15, -0.1) is 0 Å². The molecule has 0 unspecified atom stereocenters. The van der Waals surface area contributed by atoms with E-state index in [1.54, 1.807) is 13.4 Å². The van der Waals surface area contributed by atoms with Gasteiger partial charge in [0.2, 0.25) is 0 Å². The van der Waals surface area contributed by atoms with E-state index in [0.717, 1.165) is 23.7 Å². The Morgan fingerprint density at radius 1 is 1.29 bits per heavy atom. The first-order valence-corrected chi connectivity index (χ1v) is 7.12. The van der Waals surface area contributed by atoms with Crippen molar-refractivity contribution in [3.05, 3.63) is 48.4 Å². The average molecular weight is 303 g/mol. The van der Waals surface area contributed by atoms with Gasteiger partial charge in [0.25, 0.3) is 0 Å². The van der Waals surface area contributed by atoms with Crippen LogP contribution < -0.4 is 15.0 Å². The number of hydrogen-bond acceptors (Lipinski definition) is 4. The summed E-state index contributed by atoms with van der Waals surface area (Å²) in [5, 5.41) is 3.93. The van der Waals surface area contributed by atoms with Gasteiger partial charge in [-0.1, -0.05) is 12.1 Å². The van der Waals surface area contributed by atoms with Gasteiger partial charge < -0.3 is 19.4 Å². The lowest BCUT2D eigenvalue weighted by atomic mass is 10.2. The van der Waals surface area contributed by atoms with Gasteiger partial charge in [-0.05, 0) is 36.5 Å². The summed E-state index contributed by atoms with van der Waals surface area (Å²) in [6, 6.07) is 11.7. The summed E-state index contributed by atoms with van der Waals surface area (Å²) in [6.45, 7) is 2.12. The highest BCUT2D eigenvalue weighted by Crippen LogP contribution is 2.29. The Bertz CT molecular complexity index is 615. The molecule has 0 aliphatic carbocycles. The highest BCUT2D eigenvalue weighted by molar-refractivity contribution is 7.80. The molecule has 0 spiro atoms. The van der Waals surface area contributed by atoms with Crippen LogP contribution in [0.5, 0.6) is 5.75 Å². The van der Waals surface area contributed by atoms with E-state index < -0.39 is 0 Å². The van der Waals surface area contributed by atoms with Gasteiger partial charge in [-0.2, -0.15) is 0 Å². The van der Waals surface area contributed by atoms with Crippen molar-refractivity contribution in [2.24, 2.45) is 0 Å². The van der Waals surface area contributed by atoms with E-state index in [0.29, 0.717) is 18.4 Å². The maximum absolute atomic E-state index is 5.43. The van der Waals surface area contributed by atoms with Crippen LogP contribution in [-0.2, 0) is 6.54 Å². The Labute approximate surface area is 129 Å². The van der Waals surface area contributed by atoms with Crippen LogP contribution in [0.1, 0.15) is 5.76 Å². The minimum Gasteiger partial charge on any atom is -0.495 e. The molecular formula is C15H17N3O2S. The number of ether oxygens (including phenoxy) is 1. The molecule has 0 atom stereocenters. The Balaban J connectivity index is 1.78. The molecule has 1 aromatic heterocycles. The summed E-state index contributed by atoms with van der Waals surface area (Å²) in [7, 11) is 1.67. The van der Waals surface area contributed by atoms with E-state index in [4.69, 9.17) is 21.4 Å². The lowest BCUT2D eigenvalue weighted by Crippen LogP contribution is -2.56. The van der Waals surface area contributed by atoms with Crippen molar-refractivity contribution >= 4 is 23.0 Å². The van der Waals surface area contributed by atoms with E-state index in [1.165, 1.54) is 0 Å². The maximum Gasteiger partial charge on any atom is 0.175 e. The van der Waals surface area contributed by atoms with Crippen molar-refractivity contribution in [3.8, 4) is 5.75 Å². The number of rotatable bonds is 4. The standard InChI is InChI=1S/C15H17N3O2S/c1-19-14-7-3-2-6-13(14)18-11-17(10-16-15(18)21)9-12-5-4-8-20-12/h2-8H,9-11H2,1H3,(H,16,21). The number of nitrogens with zero attached hydrogens (tertiary/aromatic N) is 2. The number of thiocarbonyl (C=S) groups is 1. The summed E-state index contributed by atoms with van der Waals surface area (Å²) >= 11 is 5.43. The van der Waals surface area contributed by atoms with Crippen LogP contribution in [-0.4, -0.2) is 30.5 Å². The van der Waals surface area contributed by atoms with Gasteiger partial charge in [0.1, 0.15) is 11.5 Å². The van der Waals surface area contributed by atoms with Crippen LogP contribution in [0.3, 0.4) is 0 Å². The highest BCUT2D eigenvalue weighted by Gasteiger charge is 2.24. The van der Waals surface area contributed by atoms with Crippen molar-refractivity contribution in [1.82, 2.24) is 10.2 Å². The zero-order valence-electron chi connectivity index (χ0n) is 11.8. The molecule has 0 bridgehead atoms. The third-order valence-electron chi connectivity index (χ3n) is 3.38. The van der Waals surface area contributed by atoms with Crippen molar-refractivity contribution in [2.45, 2.75) is 6.54 Å². The Kier molecular flexibility index (Phi) is 4.08. The fourth-order valence-corrected chi connectivity index (χ4v) is 2.58. The zero-order valence-corrected chi connectivity index (χ0v) is 12.6. The molecule has 2 aromatic rings. The molecular weight excluding hydrogens is 286 g/mol. The molecule has 1 fully saturated rings. The molecule has 1 aliphatic rings. The Hall–Kier alpha value is -2.05. The van der Waals surface area contributed by atoms with Gasteiger partial charge in [0.05, 0.1) is 38.9 Å². The largest absolute Gasteiger partial charge is 0.495 e. The predicted molar refractivity (Wildman–Crippen MR) is 85.2 cm³/mol. The van der Waals surface area contributed by atoms with Crippen molar-refractivity contribution < 1.29 is 9.15 Å². The molecule has 0 saturated carbocycles. The number of benzene rings is 1. The summed E-state index contributed by atoms with van der Waals surface area (Å²) in [4.78, 5) is 4.24. The predicted octanol–water partition coefficient (Wildman–Crippen LogP) is 2.40. The number of hydrogen-bond donors (Lipinski definition) is 1. The second kappa shape index (κ2) is 6.15. The number of anilines is 1. The van der Waals surface area contributed by atoms with Crippen molar-refractivity contribution in [1.29, 1.82) is 0 Å². The van der Waals surface area contributed by atoms with Crippen LogP contribution in [0, 0.1) is 0 Å². The van der Waals surface area contributed by atoms with Crippen LogP contribution in [0.15, 0.2) is 47.1 Å². The van der Waals surface area contributed by atoms with Gasteiger partial charge in [-0.25, -0.2) is 0 Å². The SMILES string of the molecule is COc1ccccc1N1CN(Cc2ccco2)CNC1=S. The van der Waals surface area contributed by atoms with Crippen LogP contribution in [0.2, 0.25) is 0 Å². The van der Waals surface area contributed by atoms with E-state index in [1.807, 2.05) is 41.3 Å². The number of para-hydroxylation sites is 2. The normalized spacial score (nSPS) is 15.9. The molecule has 110 valence electrons. The Morgan fingerprint density at radius 3 is 2.90 bits per heavy atom. The molecule has 21 heavy (non-hydrogen) atoms. The fourth-order valence-electron chi connectivity index (χ4n) is 2.36. The maximum atomic E-state index is 5.43. The number of methoxy groups -OCH3 is 1. The van der Waals surface area contributed by atoms with Gasteiger partial charge in [-0.3, -0.25) is 4.90 Å². The minimum atomic E-state index is 0.687. The highest BCUT2D eigenvalue weighted by atomic mass is 32.1. The average Bonchev–Trinajstić information content (AvgIpc) is 3.02. The first kappa shape index (κ1) is 13.9. The molecule has 1 N–H and O–H groups in total. The monoisotopic (exact) mass is 303 g/mol. The fraction of sp³-hybridized carbons (Fsp3) is 0.267. The molecule has 1 aliphatic heterocycles. The van der Waals surface area contributed by atoms with Crippen LogP contribution in [0.25, 0.3) is 0 Å². The van der Waals surface area contributed by atoms with Crippen molar-refractivity contribution in [3.63, 3.8) is 0 Å². The summed E-state index contributed by atoms with van der Waals surface area (Å²) in [6.07, 6.45) is 1.69. The first-order valence-electron chi connectivity index (χ1n) is 6.71. The molecule has 2 heterocycles. The van der Waals surface area contributed by atoms with Crippen molar-refractivity contribution in [2.75, 3.05) is 25.3 Å². The Morgan fingerprint density at radius 2 is 2.14 bits per heavy atom. The van der Waals surface area contributed by atoms with E-state index in [-0.39, 0.29) is 0 Å². The molecule has 0 amide bonds. The molecule has 3 rings (SSSR count). The molecule has 6 heteroatoms. The van der Waals surface area contributed by atoms with Gasteiger partial charge in [0.15, 0.2) is 5.11 Å². The molecule has 0 radical (unpaired) electrons. The quantitative estimate of drug-likeness (QED) is 0.875. The van der Waals surface area contributed by atoms with Crippen LogP contribution >= 0.6 is 12.2 Å². The zero-order chi connectivity index (χ0) is 14.7. The number of nitrogens with one attached hydrogen (secondary N) is 1. The molecule has 1 saturated heterocycles. The smallest absolute Gasteiger partial charge is 0.175 e. The first-order chi connectivity index (χ1) is 10.3. The summed E-state index contributed by atoms with van der Waals surface area (Å²) < 4.78 is 10.8. The summed E-state index contributed by atoms with van der Waals surface area (Å²) in [5.41, 5.74) is 0.960. The minimum absolute atomic E-state index is 0.687. The third kappa shape index (κ3) is 3.01. The molecule has 5 nitrogen and oxygen atoms in total. The van der Waals surface area contributed by atoms with E-state index in [9.17, 15) is 0 Å². The van der Waals surface area contributed by atoms with Gasteiger partial charge in [0, 0.05) is 0 Å². The third-order valence-corrected chi connectivity index (χ3v) is 3.74. The topological polar surface area (TPSA) is 40.9 Å². The second-order valence-corrected chi connectivity index (χ2v) is 5.18. The van der Waals surface area contributed by atoms with Gasteiger partial charge >= 0.3 is 0 Å². The van der Waals surface area contributed by atoms with Crippen LogP contribution in [0.4, 0.5) is 5.69 Å². The summed E-state index contributed by atoms with van der Waals surface area (Å²) in [5.74, 6) is 1.74. The molecule has 1 aromatic carbocycles. The second-order valence-electron chi connectivity index (χ2n) is 4.79. The lowest BCUT2D eigenvalue weighted by Gasteiger charge is -2.38. The van der Waals surface area contributed by atoms with E-state index in [2.05, 4.69) is 10.2 Å². The number of furan rings is 1.